The molecule has 4 atom stereocenters. The lowest BCUT2D eigenvalue weighted by molar-refractivity contribution is -0.113. The van der Waals surface area contributed by atoms with Crippen LogP contribution in [0.3, 0.4) is 0 Å². The van der Waals surface area contributed by atoms with Crippen molar-refractivity contribution >= 4 is 6.29 Å². The lowest BCUT2D eigenvalue weighted by atomic mass is 9.82. The maximum absolute atomic E-state index is 10.7. The molecule has 0 aliphatic heterocycles. The van der Waals surface area contributed by atoms with Gasteiger partial charge in [0.15, 0.2) is 0 Å². The highest BCUT2D eigenvalue weighted by Crippen LogP contribution is 2.48. The van der Waals surface area contributed by atoms with Crippen LogP contribution in [0.2, 0.25) is 0 Å². The fourth-order valence-corrected chi connectivity index (χ4v) is 2.74. The average molecular weight is 150 g/mol. The average Bonchev–Trinajstić information content (AvgIpc) is 2.60. The molecule has 1 saturated carbocycles. The molecular formula is C10H14O. The van der Waals surface area contributed by atoms with Crippen molar-refractivity contribution in [2.75, 3.05) is 0 Å². The first-order valence-electron chi connectivity index (χ1n) is 4.50. The zero-order valence-corrected chi connectivity index (χ0v) is 6.86. The molecule has 1 heteroatoms. The Hall–Kier alpha value is -0.590. The highest BCUT2D eigenvalue weighted by atomic mass is 16.1. The van der Waals surface area contributed by atoms with Crippen LogP contribution in [-0.4, -0.2) is 6.29 Å². The summed E-state index contributed by atoms with van der Waals surface area (Å²) < 4.78 is 0. The number of rotatable bonds is 2. The van der Waals surface area contributed by atoms with Gasteiger partial charge in [0.2, 0.25) is 0 Å². The molecule has 0 saturated heterocycles. The molecule has 0 aromatic rings. The second-order valence-electron chi connectivity index (χ2n) is 3.73. The van der Waals surface area contributed by atoms with E-state index in [9.17, 15) is 4.79 Å². The van der Waals surface area contributed by atoms with Gasteiger partial charge in [0.1, 0.15) is 6.29 Å². The van der Waals surface area contributed by atoms with Crippen LogP contribution in [0.15, 0.2) is 12.2 Å². The molecule has 0 spiro atoms. The second-order valence-corrected chi connectivity index (χ2v) is 3.73. The number of carbonyl (C=O) groups is 1. The monoisotopic (exact) mass is 150 g/mol. The van der Waals surface area contributed by atoms with Gasteiger partial charge in [0.25, 0.3) is 0 Å². The van der Waals surface area contributed by atoms with E-state index >= 15 is 0 Å². The first-order chi connectivity index (χ1) is 5.36. The molecule has 60 valence electrons. The highest BCUT2D eigenvalue weighted by molar-refractivity contribution is 5.57. The molecule has 0 aromatic heterocycles. The van der Waals surface area contributed by atoms with Gasteiger partial charge in [-0.25, -0.2) is 0 Å². The van der Waals surface area contributed by atoms with Gasteiger partial charge in [-0.2, -0.15) is 0 Å². The van der Waals surface area contributed by atoms with E-state index in [0.717, 1.165) is 12.3 Å². The SMILES string of the molecule is CC[C@@H]1[C@@H](C=O)[C@@H]2C=C[C@H]1C2. The van der Waals surface area contributed by atoms with Crippen LogP contribution in [0.4, 0.5) is 0 Å². The molecule has 0 radical (unpaired) electrons. The quantitative estimate of drug-likeness (QED) is 0.435. The van der Waals surface area contributed by atoms with Crippen molar-refractivity contribution < 1.29 is 4.79 Å². The van der Waals surface area contributed by atoms with Crippen LogP contribution in [0.1, 0.15) is 19.8 Å². The Balaban J connectivity index is 2.21. The molecule has 1 nitrogen and oxygen atoms in total. The molecule has 0 heterocycles. The van der Waals surface area contributed by atoms with Gasteiger partial charge in [0, 0.05) is 5.92 Å². The van der Waals surface area contributed by atoms with Gasteiger partial charge in [-0.3, -0.25) is 0 Å². The molecule has 11 heavy (non-hydrogen) atoms. The van der Waals surface area contributed by atoms with Crippen molar-refractivity contribution in [2.45, 2.75) is 19.8 Å². The molecule has 0 aromatic carbocycles. The van der Waals surface area contributed by atoms with Crippen molar-refractivity contribution in [3.8, 4) is 0 Å². The zero-order chi connectivity index (χ0) is 7.84. The van der Waals surface area contributed by atoms with Crippen molar-refractivity contribution in [2.24, 2.45) is 23.7 Å². The first-order valence-corrected chi connectivity index (χ1v) is 4.50. The van der Waals surface area contributed by atoms with Crippen LogP contribution in [0.25, 0.3) is 0 Å². The summed E-state index contributed by atoms with van der Waals surface area (Å²) in [5, 5.41) is 0. The molecule has 0 amide bonds. The maximum atomic E-state index is 10.7. The van der Waals surface area contributed by atoms with E-state index in [1.807, 2.05) is 0 Å². The van der Waals surface area contributed by atoms with Gasteiger partial charge >= 0.3 is 0 Å². The van der Waals surface area contributed by atoms with Crippen LogP contribution >= 0.6 is 0 Å². The van der Waals surface area contributed by atoms with Gasteiger partial charge in [0.05, 0.1) is 0 Å². The Labute approximate surface area is 67.5 Å². The minimum absolute atomic E-state index is 0.343. The summed E-state index contributed by atoms with van der Waals surface area (Å²) in [7, 11) is 0. The third kappa shape index (κ3) is 0.867. The van der Waals surface area contributed by atoms with Crippen LogP contribution in [-0.2, 0) is 4.79 Å². The number of allylic oxidation sites excluding steroid dienone is 2. The fourth-order valence-electron chi connectivity index (χ4n) is 2.74. The topological polar surface area (TPSA) is 17.1 Å². The van der Waals surface area contributed by atoms with Crippen LogP contribution < -0.4 is 0 Å². The zero-order valence-electron chi connectivity index (χ0n) is 6.86. The lowest BCUT2D eigenvalue weighted by Gasteiger charge is -2.21. The van der Waals surface area contributed by atoms with E-state index in [4.69, 9.17) is 0 Å². The molecule has 2 rings (SSSR count). The summed E-state index contributed by atoms with van der Waals surface area (Å²) in [5.41, 5.74) is 0. The Morgan fingerprint density at radius 1 is 1.45 bits per heavy atom. The second kappa shape index (κ2) is 2.47. The lowest BCUT2D eigenvalue weighted by Crippen LogP contribution is -2.19. The summed E-state index contributed by atoms with van der Waals surface area (Å²) in [6.45, 7) is 2.19. The minimum Gasteiger partial charge on any atom is -0.303 e. The smallest absolute Gasteiger partial charge is 0.123 e. The summed E-state index contributed by atoms with van der Waals surface area (Å²) in [5.74, 6) is 2.31. The highest BCUT2D eigenvalue weighted by Gasteiger charge is 2.42. The molecule has 1 fully saturated rings. The van der Waals surface area contributed by atoms with Crippen LogP contribution in [0, 0.1) is 23.7 Å². The number of aldehydes is 1. The largest absolute Gasteiger partial charge is 0.303 e. The number of carbonyl (C=O) groups excluding carboxylic acids is 1. The Morgan fingerprint density at radius 2 is 2.18 bits per heavy atom. The van der Waals surface area contributed by atoms with E-state index in [1.165, 1.54) is 12.7 Å². The van der Waals surface area contributed by atoms with E-state index in [2.05, 4.69) is 19.1 Å². The fraction of sp³-hybridized carbons (Fsp3) is 0.700. The Morgan fingerprint density at radius 3 is 2.73 bits per heavy atom. The molecule has 2 bridgehead atoms. The predicted octanol–water partition coefficient (Wildman–Crippen LogP) is 2.03. The molecule has 0 N–H and O–H groups in total. The molecule has 2 aliphatic carbocycles. The van der Waals surface area contributed by atoms with E-state index < -0.39 is 0 Å². The Bertz CT molecular complexity index is 195. The molecule has 0 unspecified atom stereocenters. The standard InChI is InChI=1S/C10H14O/c1-2-9-7-3-4-8(5-7)10(9)6-11/h3-4,6-10H,2,5H2,1H3/t7-,8+,9-,10-/m0/s1. The van der Waals surface area contributed by atoms with Gasteiger partial charge in [-0.1, -0.05) is 25.5 Å². The minimum atomic E-state index is 0.343. The molecular weight excluding hydrogens is 136 g/mol. The molecule has 2 aliphatic rings. The summed E-state index contributed by atoms with van der Waals surface area (Å²) >= 11 is 0. The summed E-state index contributed by atoms with van der Waals surface area (Å²) in [6, 6.07) is 0. The Kier molecular flexibility index (Phi) is 1.59. The van der Waals surface area contributed by atoms with Crippen molar-refractivity contribution in [1.29, 1.82) is 0 Å². The third-order valence-corrected chi connectivity index (χ3v) is 3.32. The predicted molar refractivity (Wildman–Crippen MR) is 44.1 cm³/mol. The van der Waals surface area contributed by atoms with Crippen molar-refractivity contribution in [3.05, 3.63) is 12.2 Å². The van der Waals surface area contributed by atoms with E-state index in [0.29, 0.717) is 17.8 Å². The normalized spacial score (nSPS) is 46.6. The van der Waals surface area contributed by atoms with Gasteiger partial charge in [-0.15, -0.1) is 0 Å². The summed E-state index contributed by atoms with van der Waals surface area (Å²) in [6.07, 6.45) is 8.11. The van der Waals surface area contributed by atoms with Crippen LogP contribution in [0.5, 0.6) is 0 Å². The number of fused-ring (bicyclic) bond motifs is 2. The van der Waals surface area contributed by atoms with Crippen molar-refractivity contribution in [3.63, 3.8) is 0 Å². The van der Waals surface area contributed by atoms with Crippen molar-refractivity contribution in [1.82, 2.24) is 0 Å². The third-order valence-electron chi connectivity index (χ3n) is 3.32. The van der Waals surface area contributed by atoms with Gasteiger partial charge < -0.3 is 4.79 Å². The first kappa shape index (κ1) is 7.08. The number of hydrogen-bond acceptors (Lipinski definition) is 1. The van der Waals surface area contributed by atoms with Gasteiger partial charge in [-0.05, 0) is 24.2 Å². The summed E-state index contributed by atoms with van der Waals surface area (Å²) in [4.78, 5) is 10.7. The number of hydrogen-bond donors (Lipinski definition) is 0. The maximum Gasteiger partial charge on any atom is 0.123 e. The van der Waals surface area contributed by atoms with E-state index in [-0.39, 0.29) is 0 Å². The van der Waals surface area contributed by atoms with E-state index in [1.54, 1.807) is 0 Å².